The van der Waals surface area contributed by atoms with E-state index < -0.39 is 11.6 Å². The van der Waals surface area contributed by atoms with Crippen LogP contribution in [0, 0.1) is 5.92 Å². The standard InChI is InChI=1S/C15H16O3/c1-9(2)7-8-12-13(16)10-5-3-4-6-11(10)14(17)15(12)18/h3-6,9,16H,7-8H2,1-2H3. The molecule has 0 aromatic heterocycles. The van der Waals surface area contributed by atoms with Crippen LogP contribution in [0.5, 0.6) is 0 Å². The zero-order valence-electron chi connectivity index (χ0n) is 10.6. The lowest BCUT2D eigenvalue weighted by Gasteiger charge is -2.18. The number of Topliss-reactive ketones (excluding diaryl/α,β-unsaturated/α-hetero) is 2. The van der Waals surface area contributed by atoms with Gasteiger partial charge in [-0.15, -0.1) is 0 Å². The number of ketones is 2. The summed E-state index contributed by atoms with van der Waals surface area (Å²) in [5.41, 5.74) is 1.03. The highest BCUT2D eigenvalue weighted by atomic mass is 16.3. The highest BCUT2D eigenvalue weighted by Crippen LogP contribution is 2.30. The van der Waals surface area contributed by atoms with Crippen LogP contribution in [0.4, 0.5) is 0 Å². The van der Waals surface area contributed by atoms with Gasteiger partial charge >= 0.3 is 0 Å². The fourth-order valence-electron chi connectivity index (χ4n) is 2.08. The number of carbonyl (C=O) groups is 2. The molecule has 18 heavy (non-hydrogen) atoms. The molecule has 1 aliphatic carbocycles. The predicted molar refractivity (Wildman–Crippen MR) is 69.4 cm³/mol. The van der Waals surface area contributed by atoms with Gasteiger partial charge < -0.3 is 5.11 Å². The second kappa shape index (κ2) is 4.77. The number of carbonyl (C=O) groups excluding carboxylic acids is 2. The van der Waals surface area contributed by atoms with E-state index in [1.165, 1.54) is 0 Å². The minimum absolute atomic E-state index is 0.0316. The molecular weight excluding hydrogens is 228 g/mol. The van der Waals surface area contributed by atoms with Crippen molar-refractivity contribution in [2.75, 3.05) is 0 Å². The quantitative estimate of drug-likeness (QED) is 0.831. The van der Waals surface area contributed by atoms with Crippen molar-refractivity contribution >= 4 is 17.3 Å². The van der Waals surface area contributed by atoms with Crippen LogP contribution in [0.2, 0.25) is 0 Å². The summed E-state index contributed by atoms with van der Waals surface area (Å²) >= 11 is 0. The average molecular weight is 244 g/mol. The Labute approximate surface area is 106 Å². The van der Waals surface area contributed by atoms with E-state index >= 15 is 0 Å². The van der Waals surface area contributed by atoms with E-state index in [1.807, 2.05) is 13.8 Å². The number of hydrogen-bond donors (Lipinski definition) is 1. The highest BCUT2D eigenvalue weighted by molar-refractivity contribution is 6.52. The van der Waals surface area contributed by atoms with Crippen LogP contribution < -0.4 is 0 Å². The molecule has 3 heteroatoms. The van der Waals surface area contributed by atoms with E-state index in [2.05, 4.69) is 0 Å². The highest BCUT2D eigenvalue weighted by Gasteiger charge is 2.31. The van der Waals surface area contributed by atoms with Crippen molar-refractivity contribution in [2.24, 2.45) is 5.92 Å². The van der Waals surface area contributed by atoms with Gasteiger partial charge in [0.05, 0.1) is 0 Å². The second-order valence-electron chi connectivity index (χ2n) is 4.96. The van der Waals surface area contributed by atoms with E-state index in [0.29, 0.717) is 23.5 Å². The molecule has 2 rings (SSSR count). The third-order valence-corrected chi connectivity index (χ3v) is 3.16. The van der Waals surface area contributed by atoms with Gasteiger partial charge in [0.1, 0.15) is 5.76 Å². The Morgan fingerprint density at radius 3 is 2.28 bits per heavy atom. The molecule has 1 aromatic carbocycles. The molecule has 0 radical (unpaired) electrons. The first-order valence-corrected chi connectivity index (χ1v) is 6.13. The fraction of sp³-hybridized carbons (Fsp3) is 0.333. The van der Waals surface area contributed by atoms with E-state index in [9.17, 15) is 14.7 Å². The Bertz CT molecular complexity index is 538. The maximum Gasteiger partial charge on any atom is 0.234 e. The molecule has 0 saturated carbocycles. The molecular formula is C15H16O3. The SMILES string of the molecule is CC(C)CCC1=C(O)c2ccccc2C(=O)C1=O. The normalized spacial score (nSPS) is 15.3. The van der Waals surface area contributed by atoms with Crippen molar-refractivity contribution in [3.05, 3.63) is 41.0 Å². The molecule has 0 saturated heterocycles. The molecule has 1 N–H and O–H groups in total. The van der Waals surface area contributed by atoms with Crippen molar-refractivity contribution < 1.29 is 14.7 Å². The van der Waals surface area contributed by atoms with E-state index in [-0.39, 0.29) is 11.3 Å². The van der Waals surface area contributed by atoms with Gasteiger partial charge in [0.2, 0.25) is 11.6 Å². The molecule has 0 bridgehead atoms. The van der Waals surface area contributed by atoms with Crippen LogP contribution in [-0.4, -0.2) is 16.7 Å². The largest absolute Gasteiger partial charge is 0.507 e. The predicted octanol–water partition coefficient (Wildman–Crippen LogP) is 3.16. The molecule has 0 amide bonds. The zero-order chi connectivity index (χ0) is 13.3. The van der Waals surface area contributed by atoms with Crippen molar-refractivity contribution in [3.63, 3.8) is 0 Å². The fourth-order valence-corrected chi connectivity index (χ4v) is 2.08. The van der Waals surface area contributed by atoms with Gasteiger partial charge in [0.25, 0.3) is 0 Å². The maximum absolute atomic E-state index is 11.9. The number of rotatable bonds is 3. The molecule has 1 aromatic rings. The summed E-state index contributed by atoms with van der Waals surface area (Å²) in [7, 11) is 0. The van der Waals surface area contributed by atoms with E-state index in [4.69, 9.17) is 0 Å². The van der Waals surface area contributed by atoms with Crippen LogP contribution in [0.1, 0.15) is 42.6 Å². The summed E-state index contributed by atoms with van der Waals surface area (Å²) in [6.45, 7) is 4.08. The van der Waals surface area contributed by atoms with Gasteiger partial charge in [-0.05, 0) is 18.8 Å². The number of fused-ring (bicyclic) bond motifs is 1. The van der Waals surface area contributed by atoms with E-state index in [1.54, 1.807) is 24.3 Å². The molecule has 0 heterocycles. The monoisotopic (exact) mass is 244 g/mol. The van der Waals surface area contributed by atoms with E-state index in [0.717, 1.165) is 6.42 Å². The molecule has 0 fully saturated rings. The van der Waals surface area contributed by atoms with Gasteiger partial charge in [0.15, 0.2) is 0 Å². The second-order valence-corrected chi connectivity index (χ2v) is 4.96. The first-order valence-electron chi connectivity index (χ1n) is 6.13. The first kappa shape index (κ1) is 12.6. The number of aliphatic hydroxyl groups is 1. The minimum Gasteiger partial charge on any atom is -0.507 e. The summed E-state index contributed by atoms with van der Waals surface area (Å²) in [6.07, 6.45) is 1.23. The van der Waals surface area contributed by atoms with Crippen molar-refractivity contribution in [1.29, 1.82) is 0 Å². The molecule has 0 unspecified atom stereocenters. The molecule has 0 aliphatic heterocycles. The summed E-state index contributed by atoms with van der Waals surface area (Å²) in [5, 5.41) is 10.1. The van der Waals surface area contributed by atoms with Crippen LogP contribution in [0.15, 0.2) is 29.8 Å². The molecule has 0 atom stereocenters. The molecule has 1 aliphatic rings. The average Bonchev–Trinajstić information content (AvgIpc) is 2.36. The zero-order valence-corrected chi connectivity index (χ0v) is 10.6. The third-order valence-electron chi connectivity index (χ3n) is 3.16. The lowest BCUT2D eigenvalue weighted by atomic mass is 9.85. The van der Waals surface area contributed by atoms with Gasteiger partial charge in [0, 0.05) is 16.7 Å². The number of hydrogen-bond acceptors (Lipinski definition) is 3. The summed E-state index contributed by atoms with van der Waals surface area (Å²) in [4.78, 5) is 23.9. The van der Waals surface area contributed by atoms with Gasteiger partial charge in [-0.1, -0.05) is 38.1 Å². The van der Waals surface area contributed by atoms with Crippen LogP contribution in [0.3, 0.4) is 0 Å². The Morgan fingerprint density at radius 2 is 1.67 bits per heavy atom. The Morgan fingerprint density at radius 1 is 1.06 bits per heavy atom. The summed E-state index contributed by atoms with van der Waals surface area (Å²) < 4.78 is 0. The van der Waals surface area contributed by atoms with Crippen molar-refractivity contribution in [3.8, 4) is 0 Å². The smallest absolute Gasteiger partial charge is 0.234 e. The van der Waals surface area contributed by atoms with Gasteiger partial charge in [-0.25, -0.2) is 0 Å². The van der Waals surface area contributed by atoms with Crippen LogP contribution in [0.25, 0.3) is 5.76 Å². The lowest BCUT2D eigenvalue weighted by Crippen LogP contribution is -2.24. The Kier molecular flexibility index (Phi) is 3.32. The maximum atomic E-state index is 11.9. The Balaban J connectivity index is 2.45. The molecule has 94 valence electrons. The molecule has 0 spiro atoms. The van der Waals surface area contributed by atoms with Crippen molar-refractivity contribution in [2.45, 2.75) is 26.7 Å². The van der Waals surface area contributed by atoms with Gasteiger partial charge in [-0.2, -0.15) is 0 Å². The number of aliphatic hydroxyl groups excluding tert-OH is 1. The Hall–Kier alpha value is -1.90. The van der Waals surface area contributed by atoms with Crippen molar-refractivity contribution in [1.82, 2.24) is 0 Å². The van der Waals surface area contributed by atoms with Gasteiger partial charge in [-0.3, -0.25) is 9.59 Å². The third kappa shape index (κ3) is 2.08. The first-order chi connectivity index (χ1) is 8.52. The summed E-state index contributed by atoms with van der Waals surface area (Å²) in [6, 6.07) is 6.68. The minimum atomic E-state index is -0.563. The summed E-state index contributed by atoms with van der Waals surface area (Å²) in [5.74, 6) is -0.685. The number of benzene rings is 1. The van der Waals surface area contributed by atoms with Crippen LogP contribution in [-0.2, 0) is 4.79 Å². The topological polar surface area (TPSA) is 54.4 Å². The molecule has 3 nitrogen and oxygen atoms in total. The lowest BCUT2D eigenvalue weighted by molar-refractivity contribution is -0.112. The van der Waals surface area contributed by atoms with Crippen LogP contribution >= 0.6 is 0 Å². The number of allylic oxidation sites excluding steroid dienone is 1.